The van der Waals surface area contributed by atoms with Gasteiger partial charge in [-0.15, -0.1) is 0 Å². The highest BCUT2D eigenvalue weighted by molar-refractivity contribution is 5.15. The Hall–Kier alpha value is -1.05. The minimum atomic E-state index is -4.64. The molecule has 21 heavy (non-hydrogen) atoms. The monoisotopic (exact) mass is 306 g/mol. The topological polar surface area (TPSA) is 37.6 Å². The molecule has 1 aliphatic rings. The second-order valence-electron chi connectivity index (χ2n) is 5.67. The fourth-order valence-electron chi connectivity index (χ4n) is 2.48. The molecular formula is C14H21F3N2O2. The van der Waals surface area contributed by atoms with E-state index in [0.29, 0.717) is 19.2 Å². The molecule has 0 aliphatic carbocycles. The molecule has 4 nitrogen and oxygen atoms in total. The Balaban J connectivity index is 1.96. The van der Waals surface area contributed by atoms with E-state index >= 15 is 0 Å². The van der Waals surface area contributed by atoms with Gasteiger partial charge in [-0.3, -0.25) is 4.90 Å². The van der Waals surface area contributed by atoms with Gasteiger partial charge in [0.1, 0.15) is 0 Å². The van der Waals surface area contributed by atoms with Gasteiger partial charge in [-0.1, -0.05) is 0 Å². The fraction of sp³-hybridized carbons (Fsp3) is 0.714. The first-order valence-electron chi connectivity index (χ1n) is 7.03. The third-order valence-corrected chi connectivity index (χ3v) is 3.71. The van der Waals surface area contributed by atoms with Crippen LogP contribution in [-0.2, 0) is 11.3 Å². The molecule has 0 aromatic carbocycles. The van der Waals surface area contributed by atoms with E-state index in [4.69, 9.17) is 4.74 Å². The molecule has 0 spiro atoms. The predicted octanol–water partition coefficient (Wildman–Crippen LogP) is 2.19. The maximum Gasteiger partial charge on any atom is 0.418 e. The Labute approximate surface area is 122 Å². The van der Waals surface area contributed by atoms with E-state index in [1.165, 1.54) is 12.3 Å². The number of morpholine rings is 1. The lowest BCUT2D eigenvalue weighted by atomic mass is 10.2. The maximum absolute atomic E-state index is 12.5. The molecule has 2 atom stereocenters. The first-order valence-corrected chi connectivity index (χ1v) is 7.03. The Morgan fingerprint density at radius 3 is 2.76 bits per heavy atom. The summed E-state index contributed by atoms with van der Waals surface area (Å²) in [6.45, 7) is 6.95. The van der Waals surface area contributed by atoms with Gasteiger partial charge < -0.3 is 14.4 Å². The van der Waals surface area contributed by atoms with E-state index in [0.717, 1.165) is 13.1 Å². The lowest BCUT2D eigenvalue weighted by Gasteiger charge is -2.35. The highest BCUT2D eigenvalue weighted by Crippen LogP contribution is 2.32. The summed E-state index contributed by atoms with van der Waals surface area (Å²) in [5, 5.41) is 9.21. The zero-order valence-electron chi connectivity index (χ0n) is 12.2. The number of rotatable bonds is 4. The van der Waals surface area contributed by atoms with Gasteiger partial charge in [0, 0.05) is 43.6 Å². The smallest absolute Gasteiger partial charge is 0.379 e. The number of nitrogens with zero attached hydrogens (tertiary/aromatic N) is 2. The first-order chi connectivity index (χ1) is 9.77. The molecule has 1 N–H and O–H groups in total. The van der Waals surface area contributed by atoms with Crippen LogP contribution >= 0.6 is 0 Å². The molecule has 2 heterocycles. The molecule has 7 heteroatoms. The molecule has 1 aliphatic heterocycles. The van der Waals surface area contributed by atoms with E-state index in [9.17, 15) is 18.3 Å². The molecule has 2 rings (SSSR count). The summed E-state index contributed by atoms with van der Waals surface area (Å²) in [4.78, 5) is 2.28. The van der Waals surface area contributed by atoms with E-state index in [2.05, 4.69) is 18.7 Å². The average molecular weight is 306 g/mol. The van der Waals surface area contributed by atoms with Gasteiger partial charge in [-0.2, -0.15) is 13.2 Å². The van der Waals surface area contributed by atoms with Gasteiger partial charge in [0.05, 0.1) is 12.7 Å². The molecule has 1 aromatic rings. The summed E-state index contributed by atoms with van der Waals surface area (Å²) in [7, 11) is 0. The second kappa shape index (κ2) is 6.37. The van der Waals surface area contributed by atoms with E-state index in [1.807, 2.05) is 0 Å². The van der Waals surface area contributed by atoms with Crippen molar-refractivity contribution in [1.29, 1.82) is 0 Å². The molecule has 0 radical (unpaired) electrons. The van der Waals surface area contributed by atoms with Crippen molar-refractivity contribution in [1.82, 2.24) is 9.47 Å². The van der Waals surface area contributed by atoms with Crippen molar-refractivity contribution in [2.45, 2.75) is 44.8 Å². The van der Waals surface area contributed by atoms with Crippen LogP contribution in [0.5, 0.6) is 0 Å². The molecule has 1 saturated heterocycles. The van der Waals surface area contributed by atoms with Gasteiger partial charge in [-0.05, 0) is 19.9 Å². The summed E-state index contributed by atoms with van der Waals surface area (Å²) in [6, 6.07) is 1.71. The summed E-state index contributed by atoms with van der Waals surface area (Å²) >= 11 is 0. The van der Waals surface area contributed by atoms with Crippen molar-refractivity contribution in [2.75, 3.05) is 19.7 Å². The Bertz CT molecular complexity index is 459. The minimum absolute atomic E-state index is 0.0515. The van der Waals surface area contributed by atoms with Crippen LogP contribution in [0.1, 0.15) is 25.5 Å². The number of alkyl halides is 3. The number of hydrogen-bond acceptors (Lipinski definition) is 3. The van der Waals surface area contributed by atoms with Crippen molar-refractivity contribution >= 4 is 0 Å². The molecule has 0 amide bonds. The largest absolute Gasteiger partial charge is 0.418 e. The van der Waals surface area contributed by atoms with Crippen molar-refractivity contribution in [3.63, 3.8) is 0 Å². The molecule has 2 unspecified atom stereocenters. The summed E-state index contributed by atoms with van der Waals surface area (Å²) in [5.41, 5.74) is -0.140. The van der Waals surface area contributed by atoms with E-state index in [-0.39, 0.29) is 11.7 Å². The summed E-state index contributed by atoms with van der Waals surface area (Å²) < 4.78 is 44.6. The highest BCUT2D eigenvalue weighted by atomic mass is 19.4. The first kappa shape index (κ1) is 16.3. The van der Waals surface area contributed by atoms with Crippen molar-refractivity contribution in [3.8, 4) is 0 Å². The van der Waals surface area contributed by atoms with Crippen LogP contribution < -0.4 is 0 Å². The standard InChI is InChI=1S/C14H21F3N2O2/c1-10(2)19-5-6-21-12(9-19)8-18-4-3-11(7-18)13(20)14(15,16)17/h3-4,7,10,12-13,20H,5-6,8-9H2,1-2H3. The van der Waals surface area contributed by atoms with Gasteiger partial charge >= 0.3 is 6.18 Å². The molecule has 120 valence electrons. The summed E-state index contributed by atoms with van der Waals surface area (Å²) in [6.07, 6.45) is -4.25. The number of halogens is 3. The van der Waals surface area contributed by atoms with Gasteiger partial charge in [0.2, 0.25) is 0 Å². The van der Waals surface area contributed by atoms with Gasteiger partial charge in [0.15, 0.2) is 6.10 Å². The minimum Gasteiger partial charge on any atom is -0.379 e. The summed E-state index contributed by atoms with van der Waals surface area (Å²) in [5.74, 6) is 0. The van der Waals surface area contributed by atoms with Gasteiger partial charge in [-0.25, -0.2) is 0 Å². The third kappa shape index (κ3) is 4.21. The lowest BCUT2D eigenvalue weighted by molar-refractivity contribution is -0.206. The van der Waals surface area contributed by atoms with E-state index < -0.39 is 12.3 Å². The molecule has 0 saturated carbocycles. The van der Waals surface area contributed by atoms with Crippen LogP contribution in [0.3, 0.4) is 0 Å². The number of hydrogen-bond donors (Lipinski definition) is 1. The molecule has 0 bridgehead atoms. The predicted molar refractivity (Wildman–Crippen MR) is 71.9 cm³/mol. The van der Waals surface area contributed by atoms with Crippen LogP contribution in [0.15, 0.2) is 18.5 Å². The van der Waals surface area contributed by atoms with Crippen LogP contribution in [0.4, 0.5) is 13.2 Å². The van der Waals surface area contributed by atoms with Crippen molar-refractivity contribution < 1.29 is 23.0 Å². The quantitative estimate of drug-likeness (QED) is 0.926. The highest BCUT2D eigenvalue weighted by Gasteiger charge is 2.39. The van der Waals surface area contributed by atoms with E-state index in [1.54, 1.807) is 10.8 Å². The maximum atomic E-state index is 12.5. The number of aromatic nitrogens is 1. The number of aliphatic hydroxyl groups is 1. The van der Waals surface area contributed by atoms with Crippen molar-refractivity contribution in [2.24, 2.45) is 0 Å². The normalized spacial score (nSPS) is 22.7. The van der Waals surface area contributed by atoms with Crippen LogP contribution in [0.25, 0.3) is 0 Å². The lowest BCUT2D eigenvalue weighted by Crippen LogP contribution is -2.47. The molecule has 1 fully saturated rings. The van der Waals surface area contributed by atoms with Gasteiger partial charge in [0.25, 0.3) is 0 Å². The van der Waals surface area contributed by atoms with Crippen LogP contribution in [0.2, 0.25) is 0 Å². The Morgan fingerprint density at radius 1 is 1.43 bits per heavy atom. The number of ether oxygens (including phenoxy) is 1. The van der Waals surface area contributed by atoms with Crippen LogP contribution in [0, 0.1) is 0 Å². The van der Waals surface area contributed by atoms with Crippen molar-refractivity contribution in [3.05, 3.63) is 24.0 Å². The Morgan fingerprint density at radius 2 is 2.14 bits per heavy atom. The molecule has 1 aromatic heterocycles. The Kier molecular flexibility index (Phi) is 4.95. The third-order valence-electron chi connectivity index (χ3n) is 3.71. The van der Waals surface area contributed by atoms with Crippen LogP contribution in [-0.4, -0.2) is 52.6 Å². The number of aliphatic hydroxyl groups excluding tert-OH is 1. The second-order valence-corrected chi connectivity index (χ2v) is 5.67. The zero-order chi connectivity index (χ0) is 15.6. The SMILES string of the molecule is CC(C)N1CCOC(Cn2ccc(C(O)C(F)(F)F)c2)C1. The fourth-order valence-corrected chi connectivity index (χ4v) is 2.48. The average Bonchev–Trinajstić information content (AvgIpc) is 2.85. The zero-order valence-corrected chi connectivity index (χ0v) is 12.2. The molecular weight excluding hydrogens is 285 g/mol.